The summed E-state index contributed by atoms with van der Waals surface area (Å²) in [6.45, 7) is 10.6. The van der Waals surface area contributed by atoms with Gasteiger partial charge in [0, 0.05) is 19.1 Å². The van der Waals surface area contributed by atoms with E-state index in [-0.39, 0.29) is 6.10 Å². The molecule has 1 fully saturated rings. The smallest absolute Gasteiger partial charge is 0.0667 e. The fraction of sp³-hybridized carbons (Fsp3) is 1.00. The average molecular weight is 256 g/mol. The number of likely N-dealkylation sites (N-methyl/N-ethyl adjacent to an activating group) is 1. The quantitative estimate of drug-likeness (QED) is 0.664. The number of nitrogens with zero attached hydrogens (tertiary/aromatic N) is 1. The lowest BCUT2D eigenvalue weighted by molar-refractivity contribution is 0.134. The normalized spacial score (nSPS) is 20.5. The summed E-state index contributed by atoms with van der Waals surface area (Å²) in [5, 5.41) is 13.5. The minimum Gasteiger partial charge on any atom is -0.392 e. The fourth-order valence-corrected chi connectivity index (χ4v) is 2.99. The first kappa shape index (κ1) is 15.9. The van der Waals surface area contributed by atoms with Gasteiger partial charge >= 0.3 is 0 Å². The zero-order chi connectivity index (χ0) is 13.4. The Morgan fingerprint density at radius 3 is 2.39 bits per heavy atom. The highest BCUT2D eigenvalue weighted by Crippen LogP contribution is 2.28. The standard InChI is InChI=1S/C15H32N2O/c1-4-17(5-2)12-13(3)16-11-15(18)10-14-8-6-7-9-14/h13-16,18H,4-12H2,1-3H3. The molecule has 18 heavy (non-hydrogen) atoms. The van der Waals surface area contributed by atoms with Gasteiger partial charge in [0.05, 0.1) is 6.10 Å². The summed E-state index contributed by atoms with van der Waals surface area (Å²) >= 11 is 0. The SMILES string of the molecule is CCN(CC)CC(C)NCC(O)CC1CCCC1. The van der Waals surface area contributed by atoms with Crippen molar-refractivity contribution in [1.82, 2.24) is 10.2 Å². The zero-order valence-electron chi connectivity index (χ0n) is 12.5. The molecule has 3 heteroatoms. The van der Waals surface area contributed by atoms with E-state index in [4.69, 9.17) is 0 Å². The number of nitrogens with one attached hydrogen (secondary N) is 1. The molecule has 0 aromatic rings. The van der Waals surface area contributed by atoms with Gasteiger partial charge in [0.25, 0.3) is 0 Å². The van der Waals surface area contributed by atoms with Crippen LogP contribution in [0.5, 0.6) is 0 Å². The van der Waals surface area contributed by atoms with Crippen LogP contribution in [0.3, 0.4) is 0 Å². The molecule has 1 aliphatic carbocycles. The summed E-state index contributed by atoms with van der Waals surface area (Å²) in [7, 11) is 0. The first-order valence-corrected chi connectivity index (χ1v) is 7.79. The summed E-state index contributed by atoms with van der Waals surface area (Å²) in [4.78, 5) is 2.42. The molecule has 1 rings (SSSR count). The molecule has 0 radical (unpaired) electrons. The molecule has 1 aliphatic rings. The number of hydrogen-bond donors (Lipinski definition) is 2. The minimum absolute atomic E-state index is 0.160. The summed E-state index contributed by atoms with van der Waals surface area (Å²) in [5.41, 5.74) is 0. The van der Waals surface area contributed by atoms with E-state index >= 15 is 0 Å². The Kier molecular flexibility index (Phi) is 7.87. The molecular weight excluding hydrogens is 224 g/mol. The number of aliphatic hydroxyl groups excluding tert-OH is 1. The third-order valence-electron chi connectivity index (χ3n) is 4.21. The van der Waals surface area contributed by atoms with Crippen molar-refractivity contribution in [2.24, 2.45) is 5.92 Å². The average Bonchev–Trinajstić information content (AvgIpc) is 2.86. The van der Waals surface area contributed by atoms with E-state index in [1.165, 1.54) is 25.7 Å². The van der Waals surface area contributed by atoms with Gasteiger partial charge in [-0.15, -0.1) is 0 Å². The Morgan fingerprint density at radius 1 is 1.22 bits per heavy atom. The number of aliphatic hydroxyl groups is 1. The highest BCUT2D eigenvalue weighted by molar-refractivity contribution is 4.74. The van der Waals surface area contributed by atoms with Gasteiger partial charge in [0.1, 0.15) is 0 Å². The maximum Gasteiger partial charge on any atom is 0.0667 e. The minimum atomic E-state index is -0.160. The molecule has 0 heterocycles. The van der Waals surface area contributed by atoms with Crippen molar-refractivity contribution >= 4 is 0 Å². The van der Waals surface area contributed by atoms with Gasteiger partial charge < -0.3 is 15.3 Å². The van der Waals surface area contributed by atoms with E-state index in [0.29, 0.717) is 6.04 Å². The van der Waals surface area contributed by atoms with Crippen LogP contribution in [0.2, 0.25) is 0 Å². The Bertz CT molecular complexity index is 191. The first-order valence-electron chi connectivity index (χ1n) is 7.79. The molecule has 3 nitrogen and oxygen atoms in total. The van der Waals surface area contributed by atoms with Crippen LogP contribution in [0.25, 0.3) is 0 Å². The molecule has 2 unspecified atom stereocenters. The van der Waals surface area contributed by atoms with Crippen LogP contribution in [0.15, 0.2) is 0 Å². The summed E-state index contributed by atoms with van der Waals surface area (Å²) in [5.74, 6) is 0.778. The van der Waals surface area contributed by atoms with Crippen molar-refractivity contribution in [3.05, 3.63) is 0 Å². The molecule has 0 aromatic heterocycles. The zero-order valence-corrected chi connectivity index (χ0v) is 12.5. The Hall–Kier alpha value is -0.120. The van der Waals surface area contributed by atoms with Crippen LogP contribution in [-0.4, -0.2) is 48.3 Å². The molecule has 0 amide bonds. The number of rotatable bonds is 9. The van der Waals surface area contributed by atoms with E-state index in [1.807, 2.05) is 0 Å². The third-order valence-corrected chi connectivity index (χ3v) is 4.21. The monoisotopic (exact) mass is 256 g/mol. The second-order valence-corrected chi connectivity index (χ2v) is 5.84. The van der Waals surface area contributed by atoms with E-state index < -0.39 is 0 Å². The molecule has 0 spiro atoms. The van der Waals surface area contributed by atoms with Crippen molar-refractivity contribution in [1.29, 1.82) is 0 Å². The third kappa shape index (κ3) is 6.17. The van der Waals surface area contributed by atoms with Crippen LogP contribution < -0.4 is 5.32 Å². The molecule has 2 atom stereocenters. The molecule has 1 saturated carbocycles. The van der Waals surface area contributed by atoms with Crippen molar-refractivity contribution in [2.75, 3.05) is 26.2 Å². The van der Waals surface area contributed by atoms with Crippen LogP contribution in [0, 0.1) is 5.92 Å². The van der Waals surface area contributed by atoms with Gasteiger partial charge in [-0.05, 0) is 32.4 Å². The van der Waals surface area contributed by atoms with Gasteiger partial charge in [0.2, 0.25) is 0 Å². The second kappa shape index (κ2) is 8.89. The molecule has 2 N–H and O–H groups in total. The van der Waals surface area contributed by atoms with Crippen LogP contribution >= 0.6 is 0 Å². The summed E-state index contributed by atoms with van der Waals surface area (Å²) in [6, 6.07) is 0.461. The molecular formula is C15H32N2O. The van der Waals surface area contributed by atoms with E-state index in [1.54, 1.807) is 0 Å². The van der Waals surface area contributed by atoms with E-state index in [0.717, 1.165) is 38.5 Å². The Labute approximate surface area is 113 Å². The predicted octanol–water partition coefficient (Wildman–Crippen LogP) is 2.25. The predicted molar refractivity (Wildman–Crippen MR) is 77.8 cm³/mol. The summed E-state index contributed by atoms with van der Waals surface area (Å²) < 4.78 is 0. The van der Waals surface area contributed by atoms with Crippen molar-refractivity contribution in [2.45, 2.75) is 65.0 Å². The van der Waals surface area contributed by atoms with Gasteiger partial charge in [-0.3, -0.25) is 0 Å². The topological polar surface area (TPSA) is 35.5 Å². The lowest BCUT2D eigenvalue weighted by Gasteiger charge is -2.25. The number of hydrogen-bond acceptors (Lipinski definition) is 3. The Morgan fingerprint density at radius 2 is 1.83 bits per heavy atom. The van der Waals surface area contributed by atoms with Gasteiger partial charge in [-0.2, -0.15) is 0 Å². The lowest BCUT2D eigenvalue weighted by Crippen LogP contribution is -2.42. The first-order chi connectivity index (χ1) is 8.65. The van der Waals surface area contributed by atoms with E-state index in [2.05, 4.69) is 31.0 Å². The second-order valence-electron chi connectivity index (χ2n) is 5.84. The van der Waals surface area contributed by atoms with Gasteiger partial charge in [-0.25, -0.2) is 0 Å². The van der Waals surface area contributed by atoms with Gasteiger partial charge in [0.15, 0.2) is 0 Å². The van der Waals surface area contributed by atoms with Crippen LogP contribution in [-0.2, 0) is 0 Å². The molecule has 0 bridgehead atoms. The van der Waals surface area contributed by atoms with Crippen molar-refractivity contribution in [3.63, 3.8) is 0 Å². The van der Waals surface area contributed by atoms with E-state index in [9.17, 15) is 5.11 Å². The largest absolute Gasteiger partial charge is 0.392 e. The van der Waals surface area contributed by atoms with Crippen molar-refractivity contribution < 1.29 is 5.11 Å². The Balaban J connectivity index is 2.10. The molecule has 108 valence electrons. The van der Waals surface area contributed by atoms with Gasteiger partial charge in [-0.1, -0.05) is 39.5 Å². The van der Waals surface area contributed by atoms with Crippen LogP contribution in [0.4, 0.5) is 0 Å². The molecule has 0 aliphatic heterocycles. The highest BCUT2D eigenvalue weighted by Gasteiger charge is 2.19. The summed E-state index contributed by atoms with van der Waals surface area (Å²) in [6.07, 6.45) is 6.21. The maximum absolute atomic E-state index is 10.0. The fourth-order valence-electron chi connectivity index (χ4n) is 2.99. The molecule has 0 saturated heterocycles. The maximum atomic E-state index is 10.0. The van der Waals surface area contributed by atoms with Crippen molar-refractivity contribution in [3.8, 4) is 0 Å². The highest BCUT2D eigenvalue weighted by atomic mass is 16.3. The van der Waals surface area contributed by atoms with Crippen LogP contribution in [0.1, 0.15) is 52.9 Å². The molecule has 0 aromatic carbocycles. The lowest BCUT2D eigenvalue weighted by atomic mass is 10.00.